The number of hydrogen-bond acceptors (Lipinski definition) is 7. The zero-order valence-electron chi connectivity index (χ0n) is 20.0. The van der Waals surface area contributed by atoms with Gasteiger partial charge in [0.25, 0.3) is 5.56 Å². The van der Waals surface area contributed by atoms with E-state index in [1.807, 2.05) is 36.4 Å². The highest BCUT2D eigenvalue weighted by molar-refractivity contribution is 5.43. The van der Waals surface area contributed by atoms with Gasteiger partial charge in [-0.3, -0.25) is 14.7 Å². The fraction of sp³-hybridized carbons (Fsp3) is 0.370. The monoisotopic (exact) mass is 491 g/mol. The fourth-order valence-corrected chi connectivity index (χ4v) is 4.05. The molecule has 1 atom stereocenters. The molecule has 0 bridgehead atoms. The molecule has 4 rings (SSSR count). The van der Waals surface area contributed by atoms with E-state index in [2.05, 4.69) is 37.0 Å². The van der Waals surface area contributed by atoms with Crippen molar-refractivity contribution >= 4 is 0 Å². The maximum Gasteiger partial charge on any atom is 0.293 e. The van der Waals surface area contributed by atoms with Gasteiger partial charge in [0.2, 0.25) is 5.75 Å². The average molecular weight is 492 g/mol. The number of aromatic nitrogens is 3. The van der Waals surface area contributed by atoms with E-state index in [0.717, 1.165) is 55.2 Å². The minimum absolute atomic E-state index is 0.192. The van der Waals surface area contributed by atoms with Crippen LogP contribution in [0.1, 0.15) is 34.0 Å². The normalized spacial score (nSPS) is 14.7. The van der Waals surface area contributed by atoms with Crippen molar-refractivity contribution in [2.45, 2.75) is 18.9 Å². The van der Waals surface area contributed by atoms with Gasteiger partial charge in [-0.25, -0.2) is 9.37 Å². The Morgan fingerprint density at radius 1 is 1.11 bits per heavy atom. The Bertz CT molecular complexity index is 1230. The zero-order valence-corrected chi connectivity index (χ0v) is 20.0. The molecule has 2 aromatic heterocycles. The number of rotatable bonds is 9. The molecule has 1 saturated heterocycles. The Morgan fingerprint density at radius 2 is 1.86 bits per heavy atom. The minimum atomic E-state index is -0.593. The van der Waals surface area contributed by atoms with Gasteiger partial charge in [0.15, 0.2) is 0 Å². The second-order valence-electron chi connectivity index (χ2n) is 8.63. The van der Waals surface area contributed by atoms with Crippen LogP contribution in [0, 0.1) is 11.8 Å². The number of halogens is 1. The predicted molar refractivity (Wildman–Crippen MR) is 135 cm³/mol. The standard InChI is InChI=1S/C27H30FN5O3/c28-9-10-29-17-23(25-26(34)27(35)32-19-31-25)15-21-4-1-20(2-5-21)3-6-22-7-8-24(30-16-22)18-33-11-13-36-14-12-33/h1-2,4-5,7-8,16,19,23,29,34H,9-15,17-18H2,(H,31,32,35). The topological polar surface area (TPSA) is 103 Å². The molecule has 1 aliphatic rings. The summed E-state index contributed by atoms with van der Waals surface area (Å²) in [7, 11) is 0. The molecular formula is C27H30FN5O3. The highest BCUT2D eigenvalue weighted by Gasteiger charge is 2.19. The third-order valence-electron chi connectivity index (χ3n) is 6.01. The van der Waals surface area contributed by atoms with Crippen LogP contribution < -0.4 is 10.9 Å². The Hall–Kier alpha value is -3.58. The number of pyridine rings is 1. The van der Waals surface area contributed by atoms with E-state index >= 15 is 0 Å². The number of benzene rings is 1. The largest absolute Gasteiger partial charge is 0.502 e. The zero-order chi connectivity index (χ0) is 25.2. The van der Waals surface area contributed by atoms with Gasteiger partial charge in [-0.1, -0.05) is 24.0 Å². The van der Waals surface area contributed by atoms with Crippen LogP contribution in [-0.2, 0) is 17.7 Å². The summed E-state index contributed by atoms with van der Waals surface area (Å²) in [6, 6.07) is 11.8. The lowest BCUT2D eigenvalue weighted by Gasteiger charge is -2.26. The van der Waals surface area contributed by atoms with Crippen LogP contribution in [-0.4, -0.2) is 71.0 Å². The number of nitrogens with zero attached hydrogens (tertiary/aromatic N) is 3. The molecule has 1 aliphatic heterocycles. The third kappa shape index (κ3) is 7.21. The number of aromatic hydroxyl groups is 1. The van der Waals surface area contributed by atoms with E-state index in [9.17, 15) is 14.3 Å². The third-order valence-corrected chi connectivity index (χ3v) is 6.01. The lowest BCUT2D eigenvalue weighted by atomic mass is 9.94. The van der Waals surface area contributed by atoms with Crippen molar-refractivity contribution in [2.24, 2.45) is 0 Å². The summed E-state index contributed by atoms with van der Waals surface area (Å²) >= 11 is 0. The number of aromatic amines is 1. The van der Waals surface area contributed by atoms with Crippen LogP contribution >= 0.6 is 0 Å². The molecule has 1 unspecified atom stereocenters. The van der Waals surface area contributed by atoms with E-state index in [4.69, 9.17) is 4.74 Å². The smallest absolute Gasteiger partial charge is 0.293 e. The minimum Gasteiger partial charge on any atom is -0.502 e. The van der Waals surface area contributed by atoms with Crippen LogP contribution in [0.5, 0.6) is 5.75 Å². The van der Waals surface area contributed by atoms with Crippen LogP contribution in [0.2, 0.25) is 0 Å². The van der Waals surface area contributed by atoms with Crippen molar-refractivity contribution in [2.75, 3.05) is 46.1 Å². The SMILES string of the molecule is O=c1[nH]cnc(C(CNCCF)Cc2ccc(C#Cc3ccc(CN4CCOCC4)nc3)cc2)c1O. The Labute approximate surface area is 209 Å². The van der Waals surface area contributed by atoms with Gasteiger partial charge in [0.1, 0.15) is 6.67 Å². The van der Waals surface area contributed by atoms with E-state index in [-0.39, 0.29) is 12.5 Å². The predicted octanol–water partition coefficient (Wildman–Crippen LogP) is 1.99. The van der Waals surface area contributed by atoms with E-state index in [0.29, 0.717) is 18.7 Å². The van der Waals surface area contributed by atoms with Gasteiger partial charge < -0.3 is 20.1 Å². The number of ether oxygens (including phenoxy) is 1. The molecule has 0 radical (unpaired) electrons. The molecule has 9 heteroatoms. The van der Waals surface area contributed by atoms with Gasteiger partial charge in [-0.05, 0) is 36.2 Å². The van der Waals surface area contributed by atoms with E-state index in [1.54, 1.807) is 6.20 Å². The summed E-state index contributed by atoms with van der Waals surface area (Å²) in [6.07, 6.45) is 3.58. The van der Waals surface area contributed by atoms with Crippen LogP contribution in [0.3, 0.4) is 0 Å². The maximum absolute atomic E-state index is 12.6. The van der Waals surface area contributed by atoms with Gasteiger partial charge in [-0.2, -0.15) is 0 Å². The van der Waals surface area contributed by atoms with Crippen molar-refractivity contribution in [3.05, 3.63) is 87.4 Å². The first kappa shape index (κ1) is 25.5. The number of H-pyrrole nitrogens is 1. The summed E-state index contributed by atoms with van der Waals surface area (Å²) in [6.45, 7) is 4.27. The van der Waals surface area contributed by atoms with Gasteiger partial charge in [0.05, 0.1) is 30.9 Å². The second-order valence-corrected chi connectivity index (χ2v) is 8.63. The van der Waals surface area contributed by atoms with Gasteiger partial charge in [0, 0.05) is 56.0 Å². The Balaban J connectivity index is 1.39. The first-order valence-electron chi connectivity index (χ1n) is 12.0. The van der Waals surface area contributed by atoms with Gasteiger partial charge >= 0.3 is 0 Å². The van der Waals surface area contributed by atoms with Crippen molar-refractivity contribution in [1.82, 2.24) is 25.2 Å². The van der Waals surface area contributed by atoms with Crippen molar-refractivity contribution in [3.63, 3.8) is 0 Å². The summed E-state index contributed by atoms with van der Waals surface area (Å²) < 4.78 is 18.0. The van der Waals surface area contributed by atoms with E-state index in [1.165, 1.54) is 6.33 Å². The molecule has 188 valence electrons. The fourth-order valence-electron chi connectivity index (χ4n) is 4.05. The molecule has 3 aromatic rings. The molecule has 36 heavy (non-hydrogen) atoms. The molecular weight excluding hydrogens is 461 g/mol. The summed E-state index contributed by atoms with van der Waals surface area (Å²) in [5.74, 6) is 5.62. The summed E-state index contributed by atoms with van der Waals surface area (Å²) in [5, 5.41) is 13.2. The first-order chi connectivity index (χ1) is 17.6. The average Bonchev–Trinajstić information content (AvgIpc) is 2.91. The molecule has 0 aliphatic carbocycles. The molecule has 3 heterocycles. The van der Waals surface area contributed by atoms with Crippen LogP contribution in [0.25, 0.3) is 0 Å². The molecule has 1 fully saturated rings. The molecule has 1 aromatic carbocycles. The van der Waals surface area contributed by atoms with Crippen molar-refractivity contribution in [1.29, 1.82) is 0 Å². The van der Waals surface area contributed by atoms with Crippen molar-refractivity contribution < 1.29 is 14.2 Å². The molecule has 0 spiro atoms. The summed E-state index contributed by atoms with van der Waals surface area (Å²) in [4.78, 5) is 25.2. The number of nitrogens with one attached hydrogen (secondary N) is 2. The van der Waals surface area contributed by atoms with Gasteiger partial charge in [-0.15, -0.1) is 0 Å². The number of hydrogen-bond donors (Lipinski definition) is 3. The highest BCUT2D eigenvalue weighted by atomic mass is 19.1. The lowest BCUT2D eigenvalue weighted by molar-refractivity contribution is 0.0336. The lowest BCUT2D eigenvalue weighted by Crippen LogP contribution is -2.35. The highest BCUT2D eigenvalue weighted by Crippen LogP contribution is 2.23. The Kier molecular flexibility index (Phi) is 9.16. The molecule has 0 saturated carbocycles. The Morgan fingerprint density at radius 3 is 2.58 bits per heavy atom. The maximum atomic E-state index is 12.6. The molecule has 3 N–H and O–H groups in total. The summed E-state index contributed by atoms with van der Waals surface area (Å²) in [5.41, 5.74) is 3.41. The molecule has 8 nitrogen and oxygen atoms in total. The molecule has 0 amide bonds. The number of morpholine rings is 1. The second kappa shape index (κ2) is 12.9. The number of alkyl halides is 1. The first-order valence-corrected chi connectivity index (χ1v) is 12.0. The van der Waals surface area contributed by atoms with E-state index < -0.39 is 18.0 Å². The quantitative estimate of drug-likeness (QED) is 0.311. The van der Waals surface area contributed by atoms with Crippen molar-refractivity contribution in [3.8, 4) is 17.6 Å². The van der Waals surface area contributed by atoms with Crippen LogP contribution in [0.4, 0.5) is 4.39 Å². The van der Waals surface area contributed by atoms with Crippen LogP contribution in [0.15, 0.2) is 53.7 Å².